The molecule has 11 heavy (non-hydrogen) atoms. The van der Waals surface area contributed by atoms with Crippen molar-refractivity contribution >= 4 is 51.5 Å². The molecule has 0 saturated carbocycles. The molecule has 0 fully saturated rings. The first-order valence-corrected chi connectivity index (χ1v) is 5.68. The first-order valence-electron chi connectivity index (χ1n) is 3.07. The van der Waals surface area contributed by atoms with Gasteiger partial charge in [0.25, 0.3) is 0 Å². The maximum Gasteiger partial charge on any atom is 0.150 e. The summed E-state index contributed by atoms with van der Waals surface area (Å²) in [6.45, 7) is 0. The van der Waals surface area contributed by atoms with E-state index in [2.05, 4.69) is 45.2 Å². The monoisotopic (exact) mass is 372 g/mol. The molecule has 0 amide bonds. The fraction of sp³-hybridized carbons (Fsp3) is 0.125. The number of aldehydes is 1. The van der Waals surface area contributed by atoms with E-state index in [-0.39, 0.29) is 0 Å². The number of hydrogen-bond donors (Lipinski definition) is 0. The minimum Gasteiger partial charge on any atom is -0.298 e. The second kappa shape index (κ2) is 4.39. The number of hydrogen-bond acceptors (Lipinski definition) is 1. The molecule has 1 aromatic rings. The summed E-state index contributed by atoms with van der Waals surface area (Å²) < 4.78 is 2.07. The Morgan fingerprint density at radius 1 is 1.45 bits per heavy atom. The fourth-order valence-electron chi connectivity index (χ4n) is 0.805. The lowest BCUT2D eigenvalue weighted by Crippen LogP contribution is -1.89. The molecule has 0 bridgehead atoms. The predicted octanol–water partition coefficient (Wildman–Crippen LogP) is 3.04. The van der Waals surface area contributed by atoms with Crippen LogP contribution in [0.25, 0.3) is 0 Å². The number of alkyl halides is 1. The number of benzene rings is 1. The Balaban J connectivity index is 3.16. The average Bonchev–Trinajstić information content (AvgIpc) is 2.04. The lowest BCUT2D eigenvalue weighted by atomic mass is 10.1. The van der Waals surface area contributed by atoms with Crippen LogP contribution in [0, 0.1) is 3.57 Å². The van der Waals surface area contributed by atoms with E-state index in [0.717, 1.165) is 21.8 Å². The molecule has 0 saturated heterocycles. The number of carbonyl (C=O) groups excluding carboxylic acids is 1. The molecule has 0 spiro atoms. The summed E-state index contributed by atoms with van der Waals surface area (Å²) in [6, 6.07) is 5.85. The highest BCUT2D eigenvalue weighted by molar-refractivity contribution is 14.1. The zero-order valence-corrected chi connectivity index (χ0v) is 10.00. The van der Waals surface area contributed by atoms with Crippen molar-refractivity contribution in [1.29, 1.82) is 0 Å². The van der Waals surface area contributed by atoms with Crippen molar-refractivity contribution in [2.24, 2.45) is 0 Å². The topological polar surface area (TPSA) is 17.1 Å². The second-order valence-electron chi connectivity index (χ2n) is 2.09. The van der Waals surface area contributed by atoms with Crippen LogP contribution in [-0.2, 0) is 4.43 Å². The summed E-state index contributed by atoms with van der Waals surface area (Å²) in [6.07, 6.45) is 0.907. The minimum atomic E-state index is 0.805. The molecule has 0 aliphatic heterocycles. The third kappa shape index (κ3) is 2.40. The van der Waals surface area contributed by atoms with E-state index in [0.29, 0.717) is 0 Å². The Bertz CT molecular complexity index is 271. The summed E-state index contributed by atoms with van der Waals surface area (Å²) in [5.41, 5.74) is 1.92. The molecule has 0 aromatic heterocycles. The fourth-order valence-corrected chi connectivity index (χ4v) is 2.02. The molecule has 0 aliphatic rings. The molecule has 0 unspecified atom stereocenters. The molecule has 0 aliphatic carbocycles. The van der Waals surface area contributed by atoms with Gasteiger partial charge < -0.3 is 0 Å². The Labute approximate surface area is 92.8 Å². The van der Waals surface area contributed by atoms with Gasteiger partial charge in [0, 0.05) is 13.6 Å². The van der Waals surface area contributed by atoms with Gasteiger partial charge >= 0.3 is 0 Å². The van der Waals surface area contributed by atoms with E-state index in [9.17, 15) is 4.79 Å². The van der Waals surface area contributed by atoms with Crippen LogP contribution < -0.4 is 0 Å². The highest BCUT2D eigenvalue weighted by Crippen LogP contribution is 2.15. The molecule has 0 heterocycles. The quantitative estimate of drug-likeness (QED) is 0.443. The molecule has 3 heteroatoms. The molecule has 1 nitrogen and oxygen atoms in total. The van der Waals surface area contributed by atoms with Crippen molar-refractivity contribution in [3.05, 3.63) is 32.9 Å². The lowest BCUT2D eigenvalue weighted by molar-refractivity contribution is 0.112. The van der Waals surface area contributed by atoms with Gasteiger partial charge in [0.05, 0.1) is 0 Å². The molecule has 1 aromatic carbocycles. The summed E-state index contributed by atoms with van der Waals surface area (Å²) in [7, 11) is 0. The van der Waals surface area contributed by atoms with Crippen molar-refractivity contribution in [2.75, 3.05) is 0 Å². The Hall–Kier alpha value is 0.350. The number of rotatable bonds is 2. The van der Waals surface area contributed by atoms with Crippen molar-refractivity contribution in [3.8, 4) is 0 Å². The maximum absolute atomic E-state index is 10.5. The number of carbonyl (C=O) groups is 1. The van der Waals surface area contributed by atoms with Gasteiger partial charge in [0.2, 0.25) is 0 Å². The van der Waals surface area contributed by atoms with Crippen LogP contribution in [0.15, 0.2) is 18.2 Å². The first kappa shape index (κ1) is 9.44. The summed E-state index contributed by atoms with van der Waals surface area (Å²) in [5, 5.41) is 0. The molecule has 0 radical (unpaired) electrons. The van der Waals surface area contributed by atoms with Crippen molar-refractivity contribution < 1.29 is 4.79 Å². The van der Waals surface area contributed by atoms with E-state index in [1.54, 1.807) is 0 Å². The molecule has 1 rings (SSSR count). The Kier molecular flexibility index (Phi) is 3.77. The standard InChI is InChI=1S/C8H6I2O/c9-4-7-3-8(10)2-1-6(7)5-11/h1-3,5H,4H2. The van der Waals surface area contributed by atoms with E-state index < -0.39 is 0 Å². The van der Waals surface area contributed by atoms with Crippen LogP contribution in [0.5, 0.6) is 0 Å². The normalized spacial score (nSPS) is 9.64. The van der Waals surface area contributed by atoms with Crippen molar-refractivity contribution in [3.63, 3.8) is 0 Å². The van der Waals surface area contributed by atoms with Crippen molar-refractivity contribution in [2.45, 2.75) is 4.43 Å². The van der Waals surface area contributed by atoms with Gasteiger partial charge in [-0.25, -0.2) is 0 Å². The van der Waals surface area contributed by atoms with E-state index in [4.69, 9.17) is 0 Å². The van der Waals surface area contributed by atoms with E-state index in [1.807, 2.05) is 18.2 Å². The van der Waals surface area contributed by atoms with E-state index in [1.165, 1.54) is 3.57 Å². The number of halogens is 2. The van der Waals surface area contributed by atoms with Crippen LogP contribution >= 0.6 is 45.2 Å². The van der Waals surface area contributed by atoms with Crippen molar-refractivity contribution in [1.82, 2.24) is 0 Å². The van der Waals surface area contributed by atoms with Gasteiger partial charge in [-0.15, -0.1) is 0 Å². The van der Waals surface area contributed by atoms with Crippen LogP contribution in [0.2, 0.25) is 0 Å². The summed E-state index contributed by atoms with van der Waals surface area (Å²) >= 11 is 4.50. The largest absolute Gasteiger partial charge is 0.298 e. The van der Waals surface area contributed by atoms with Crippen LogP contribution in [0.4, 0.5) is 0 Å². The molecule has 0 atom stereocenters. The maximum atomic E-state index is 10.5. The predicted molar refractivity (Wildman–Crippen MR) is 62.3 cm³/mol. The van der Waals surface area contributed by atoms with Crippen LogP contribution in [0.3, 0.4) is 0 Å². The summed E-state index contributed by atoms with van der Waals surface area (Å²) in [4.78, 5) is 10.5. The highest BCUT2D eigenvalue weighted by atomic mass is 127. The Morgan fingerprint density at radius 2 is 2.18 bits per heavy atom. The van der Waals surface area contributed by atoms with Crippen LogP contribution in [0.1, 0.15) is 15.9 Å². The lowest BCUT2D eigenvalue weighted by Gasteiger charge is -1.99. The Morgan fingerprint density at radius 3 is 2.73 bits per heavy atom. The third-order valence-corrected chi connectivity index (χ3v) is 2.87. The highest BCUT2D eigenvalue weighted by Gasteiger charge is 1.99. The first-order chi connectivity index (χ1) is 5.27. The molecular weight excluding hydrogens is 366 g/mol. The zero-order chi connectivity index (χ0) is 8.27. The molecule has 58 valence electrons. The van der Waals surface area contributed by atoms with Gasteiger partial charge in [0.15, 0.2) is 0 Å². The molecular formula is C8H6I2O. The van der Waals surface area contributed by atoms with Crippen LogP contribution in [-0.4, -0.2) is 6.29 Å². The second-order valence-corrected chi connectivity index (χ2v) is 4.10. The minimum absolute atomic E-state index is 0.805. The third-order valence-electron chi connectivity index (χ3n) is 1.38. The van der Waals surface area contributed by atoms with Gasteiger partial charge in [-0.2, -0.15) is 0 Å². The average molecular weight is 372 g/mol. The smallest absolute Gasteiger partial charge is 0.150 e. The van der Waals surface area contributed by atoms with Gasteiger partial charge in [-0.1, -0.05) is 28.7 Å². The van der Waals surface area contributed by atoms with E-state index >= 15 is 0 Å². The zero-order valence-electron chi connectivity index (χ0n) is 5.68. The van der Waals surface area contributed by atoms with Gasteiger partial charge in [0.1, 0.15) is 6.29 Å². The van der Waals surface area contributed by atoms with Gasteiger partial charge in [-0.3, -0.25) is 4.79 Å². The SMILES string of the molecule is O=Cc1ccc(I)cc1CI. The summed E-state index contributed by atoms with van der Waals surface area (Å²) in [5.74, 6) is 0. The van der Waals surface area contributed by atoms with Gasteiger partial charge in [-0.05, 0) is 40.3 Å². The molecule has 0 N–H and O–H groups in total.